The summed E-state index contributed by atoms with van der Waals surface area (Å²) in [5.41, 5.74) is 0. The molecule has 0 aliphatic carbocycles. The lowest BCUT2D eigenvalue weighted by atomic mass is 10.00. The molecule has 0 aromatic carbocycles. The summed E-state index contributed by atoms with van der Waals surface area (Å²) in [6.07, 6.45) is 36.6. The van der Waals surface area contributed by atoms with Crippen LogP contribution in [0.1, 0.15) is 226 Å². The Labute approximate surface area is 383 Å². The molecule has 1 aliphatic rings. The van der Waals surface area contributed by atoms with E-state index in [1.54, 1.807) is 0 Å². The zero-order valence-electron chi connectivity index (χ0n) is 39.7. The number of carbonyl (C=O) groups is 2. The average molecular weight is 917 g/mol. The van der Waals surface area contributed by atoms with Crippen LogP contribution in [-0.2, 0) is 38.7 Å². The fourth-order valence-electron chi connectivity index (χ4n) is 7.84. The highest BCUT2D eigenvalue weighted by Gasteiger charge is 2.46. The van der Waals surface area contributed by atoms with Crippen LogP contribution in [0.25, 0.3) is 0 Å². The number of esters is 2. The van der Waals surface area contributed by atoms with Gasteiger partial charge in [0.1, 0.15) is 36.8 Å². The van der Waals surface area contributed by atoms with Gasteiger partial charge in [0, 0.05) is 12.8 Å². The molecule has 0 spiro atoms. The lowest BCUT2D eigenvalue weighted by Crippen LogP contribution is -2.60. The van der Waals surface area contributed by atoms with Crippen LogP contribution < -0.4 is 0 Å². The molecule has 0 saturated carbocycles. The predicted molar refractivity (Wildman–Crippen MR) is 252 cm³/mol. The molecule has 1 heterocycles. The largest absolute Gasteiger partial charge is 0.462 e. The van der Waals surface area contributed by atoms with E-state index < -0.39 is 71.2 Å². The Morgan fingerprint density at radius 1 is 0.540 bits per heavy atom. The van der Waals surface area contributed by atoms with Crippen LogP contribution in [0.2, 0.25) is 0 Å². The van der Waals surface area contributed by atoms with Crippen molar-refractivity contribution in [2.75, 3.05) is 19.0 Å². The van der Waals surface area contributed by atoms with E-state index in [9.17, 15) is 37.9 Å². The van der Waals surface area contributed by atoms with Crippen molar-refractivity contribution in [1.82, 2.24) is 0 Å². The first-order valence-corrected chi connectivity index (χ1v) is 27.0. The zero-order chi connectivity index (χ0) is 46.2. The van der Waals surface area contributed by atoms with Crippen molar-refractivity contribution < 1.29 is 56.8 Å². The molecule has 12 nitrogen and oxygen atoms in total. The van der Waals surface area contributed by atoms with E-state index in [1.165, 1.54) is 148 Å². The van der Waals surface area contributed by atoms with Crippen LogP contribution in [0, 0.1) is 0 Å². The molecule has 0 aromatic heterocycles. The van der Waals surface area contributed by atoms with Gasteiger partial charge in [-0.2, -0.15) is 8.42 Å². The number of ether oxygens (including phenoxy) is 4. The summed E-state index contributed by atoms with van der Waals surface area (Å²) >= 11 is 0. The molecule has 63 heavy (non-hydrogen) atoms. The summed E-state index contributed by atoms with van der Waals surface area (Å²) < 4.78 is 54.1. The second-order valence-corrected chi connectivity index (χ2v) is 19.3. The first-order chi connectivity index (χ1) is 30.5. The van der Waals surface area contributed by atoms with Crippen molar-refractivity contribution in [3.63, 3.8) is 0 Å². The SMILES string of the molecule is CCCCCCCCCCC/C=C/C/C=C/CCCC(=O)O[C@H](COC(=O)CCCCCCCCCCCCCCCCCCCC)CO[C@H]1O[C@H](CS(=O)(=O)O)[C@@H](O)C(O)C1O. The Morgan fingerprint density at radius 2 is 0.968 bits per heavy atom. The fraction of sp³-hybridized carbons (Fsp3) is 0.880. The molecule has 1 aliphatic heterocycles. The molecule has 0 aromatic rings. The van der Waals surface area contributed by atoms with Crippen molar-refractivity contribution in [3.8, 4) is 0 Å². The van der Waals surface area contributed by atoms with Crippen LogP contribution in [-0.4, -0.2) is 96.0 Å². The fourth-order valence-corrected chi connectivity index (χ4v) is 8.53. The van der Waals surface area contributed by atoms with E-state index in [2.05, 4.69) is 32.1 Å². The third-order valence-corrected chi connectivity index (χ3v) is 12.5. The average Bonchev–Trinajstić information content (AvgIpc) is 3.25. The molecule has 6 atom stereocenters. The number of aliphatic hydroxyl groups excluding tert-OH is 3. The minimum Gasteiger partial charge on any atom is -0.462 e. The zero-order valence-corrected chi connectivity index (χ0v) is 40.5. The smallest absolute Gasteiger partial charge is 0.306 e. The Balaban J connectivity index is 2.40. The van der Waals surface area contributed by atoms with Crippen molar-refractivity contribution in [1.29, 1.82) is 0 Å². The molecule has 1 saturated heterocycles. The van der Waals surface area contributed by atoms with Gasteiger partial charge in [0.05, 0.1) is 6.61 Å². The maximum absolute atomic E-state index is 12.8. The molecule has 4 N–H and O–H groups in total. The van der Waals surface area contributed by atoms with Gasteiger partial charge < -0.3 is 34.3 Å². The summed E-state index contributed by atoms with van der Waals surface area (Å²) in [4.78, 5) is 25.5. The lowest BCUT2D eigenvalue weighted by Gasteiger charge is -2.40. The lowest BCUT2D eigenvalue weighted by molar-refractivity contribution is -0.297. The van der Waals surface area contributed by atoms with Crippen LogP contribution >= 0.6 is 0 Å². The third kappa shape index (κ3) is 35.1. The van der Waals surface area contributed by atoms with Gasteiger partial charge in [-0.15, -0.1) is 0 Å². The highest BCUT2D eigenvalue weighted by atomic mass is 32.2. The minimum atomic E-state index is -4.61. The van der Waals surface area contributed by atoms with E-state index in [1.807, 2.05) is 6.08 Å². The summed E-state index contributed by atoms with van der Waals surface area (Å²) in [6, 6.07) is 0. The van der Waals surface area contributed by atoms with Gasteiger partial charge in [-0.3, -0.25) is 14.1 Å². The van der Waals surface area contributed by atoms with Crippen molar-refractivity contribution in [2.45, 2.75) is 263 Å². The van der Waals surface area contributed by atoms with Crippen molar-refractivity contribution in [3.05, 3.63) is 24.3 Å². The van der Waals surface area contributed by atoms with Crippen LogP contribution in [0.15, 0.2) is 24.3 Å². The number of allylic oxidation sites excluding steroid dienone is 4. The standard InChI is InChI=1S/C50H92O12S/c1-3-5-7-9-11-13-15-17-19-21-23-24-26-28-30-32-34-36-38-45(51)59-40-43(41-60-50-49(55)48(54)47(53)44(62-50)42-63(56,57)58)61-46(52)39-37-35-33-31-29-27-25-22-20-18-16-14-12-10-8-6-4-2/h25,27,31,33,43-44,47-50,53-55H,3-24,26,28-30,32,34-42H2,1-2H3,(H,56,57,58)/b27-25+,33-31+/t43-,44-,47-,48?,49?,50+/m1/s1. The number of hydrogen-bond acceptors (Lipinski definition) is 11. The molecule has 0 bridgehead atoms. The van der Waals surface area contributed by atoms with E-state index in [0.29, 0.717) is 19.3 Å². The molecular weight excluding hydrogens is 825 g/mol. The van der Waals surface area contributed by atoms with Crippen LogP contribution in [0.4, 0.5) is 0 Å². The number of hydrogen-bond donors (Lipinski definition) is 4. The maximum Gasteiger partial charge on any atom is 0.306 e. The van der Waals surface area contributed by atoms with E-state index in [-0.39, 0.29) is 19.4 Å². The Bertz CT molecular complexity index is 1260. The summed E-state index contributed by atoms with van der Waals surface area (Å²) in [6.45, 7) is 3.76. The monoisotopic (exact) mass is 917 g/mol. The van der Waals surface area contributed by atoms with Crippen LogP contribution in [0.5, 0.6) is 0 Å². The molecule has 0 radical (unpaired) electrons. The first-order valence-electron chi connectivity index (χ1n) is 25.4. The highest BCUT2D eigenvalue weighted by molar-refractivity contribution is 7.85. The third-order valence-electron chi connectivity index (χ3n) is 11.8. The first kappa shape index (κ1) is 59.1. The van der Waals surface area contributed by atoms with Crippen LogP contribution in [0.3, 0.4) is 0 Å². The molecule has 13 heteroatoms. The Morgan fingerprint density at radius 3 is 1.44 bits per heavy atom. The van der Waals surface area contributed by atoms with Gasteiger partial charge in [-0.05, 0) is 38.5 Å². The second-order valence-electron chi connectivity index (χ2n) is 17.8. The Hall–Kier alpha value is -1.87. The molecule has 370 valence electrons. The second kappa shape index (κ2) is 40.4. The van der Waals surface area contributed by atoms with Gasteiger partial charge in [-0.25, -0.2) is 0 Å². The summed E-state index contributed by atoms with van der Waals surface area (Å²) in [5, 5.41) is 30.9. The van der Waals surface area contributed by atoms with Crippen molar-refractivity contribution in [2.24, 2.45) is 0 Å². The maximum atomic E-state index is 12.8. The predicted octanol–water partition coefficient (Wildman–Crippen LogP) is 11.2. The van der Waals surface area contributed by atoms with E-state index in [4.69, 9.17) is 18.9 Å². The molecule has 1 rings (SSSR count). The van der Waals surface area contributed by atoms with Gasteiger partial charge >= 0.3 is 11.9 Å². The molecule has 0 amide bonds. The number of unbranched alkanes of at least 4 members (excludes halogenated alkanes) is 27. The van der Waals surface area contributed by atoms with E-state index >= 15 is 0 Å². The van der Waals surface area contributed by atoms with E-state index in [0.717, 1.165) is 32.1 Å². The quantitative estimate of drug-likeness (QED) is 0.0197. The Kier molecular flexibility index (Phi) is 37.9. The molecule has 2 unspecified atom stereocenters. The highest BCUT2D eigenvalue weighted by Crippen LogP contribution is 2.24. The summed E-state index contributed by atoms with van der Waals surface area (Å²) in [5.74, 6) is -2.03. The topological polar surface area (TPSA) is 186 Å². The van der Waals surface area contributed by atoms with Crippen molar-refractivity contribution >= 4 is 22.1 Å². The minimum absolute atomic E-state index is 0.104. The number of rotatable bonds is 43. The molecular formula is C50H92O12S. The number of carbonyl (C=O) groups excluding carboxylic acids is 2. The van der Waals surface area contributed by atoms with Gasteiger partial charge in [-0.1, -0.05) is 199 Å². The van der Waals surface area contributed by atoms with Gasteiger partial charge in [0.25, 0.3) is 10.1 Å². The number of aliphatic hydroxyl groups is 3. The molecule has 1 fully saturated rings. The van der Waals surface area contributed by atoms with Gasteiger partial charge in [0.2, 0.25) is 0 Å². The van der Waals surface area contributed by atoms with Gasteiger partial charge in [0.15, 0.2) is 12.4 Å². The summed E-state index contributed by atoms with van der Waals surface area (Å²) in [7, 11) is -4.61. The normalized spacial score (nSPS) is 19.9.